The van der Waals surface area contributed by atoms with Gasteiger partial charge in [-0.05, 0) is 53.0 Å². The molecule has 104 valence electrons. The zero-order valence-electron chi connectivity index (χ0n) is 10.9. The van der Waals surface area contributed by atoms with E-state index in [2.05, 4.69) is 48.2 Å². The number of halogens is 1. The molecule has 2 aromatic rings. The van der Waals surface area contributed by atoms with Crippen molar-refractivity contribution in [3.63, 3.8) is 0 Å². The van der Waals surface area contributed by atoms with E-state index in [0.29, 0.717) is 10.3 Å². The molecule has 0 amide bonds. The summed E-state index contributed by atoms with van der Waals surface area (Å²) in [6, 6.07) is 8.19. The monoisotopic (exact) mass is 334 g/mol. The normalized spacial score (nSPS) is 14.6. The fraction of sp³-hybridized carbons (Fsp3) is 0.286. The van der Waals surface area contributed by atoms with Gasteiger partial charge in [0.05, 0.1) is 6.33 Å². The highest BCUT2D eigenvalue weighted by molar-refractivity contribution is 9.10. The lowest BCUT2D eigenvalue weighted by atomic mass is 10.2. The largest absolute Gasteiger partial charge is 0.372 e. The van der Waals surface area contributed by atoms with Gasteiger partial charge < -0.3 is 15.2 Å². The number of rotatable bonds is 3. The SMILES string of the molecule is O=c1[nH]cnc(Nc2ccc(N3CCCC3)cc2)c1Br. The molecule has 1 aromatic carbocycles. The Hall–Kier alpha value is -1.82. The van der Waals surface area contributed by atoms with Crippen molar-refractivity contribution < 1.29 is 0 Å². The third-order valence-electron chi connectivity index (χ3n) is 3.40. The first-order valence-corrected chi connectivity index (χ1v) is 7.38. The van der Waals surface area contributed by atoms with E-state index in [4.69, 9.17) is 0 Å². The molecule has 1 saturated heterocycles. The Labute approximate surface area is 125 Å². The van der Waals surface area contributed by atoms with Crippen LogP contribution >= 0.6 is 15.9 Å². The molecule has 0 atom stereocenters. The van der Waals surface area contributed by atoms with Crippen LogP contribution < -0.4 is 15.8 Å². The van der Waals surface area contributed by atoms with E-state index < -0.39 is 0 Å². The number of anilines is 3. The van der Waals surface area contributed by atoms with E-state index in [1.807, 2.05) is 12.1 Å². The Bertz CT molecular complexity index is 647. The van der Waals surface area contributed by atoms with Gasteiger partial charge in [-0.15, -0.1) is 0 Å². The Morgan fingerprint density at radius 2 is 1.90 bits per heavy atom. The summed E-state index contributed by atoms with van der Waals surface area (Å²) in [6.45, 7) is 2.27. The molecule has 1 aliphatic heterocycles. The minimum atomic E-state index is -0.198. The number of aromatic amines is 1. The predicted molar refractivity (Wildman–Crippen MR) is 83.7 cm³/mol. The summed E-state index contributed by atoms with van der Waals surface area (Å²) in [5, 5.41) is 3.13. The van der Waals surface area contributed by atoms with Crippen LogP contribution in [0.25, 0.3) is 0 Å². The molecule has 20 heavy (non-hydrogen) atoms. The zero-order chi connectivity index (χ0) is 13.9. The number of H-pyrrole nitrogens is 1. The van der Waals surface area contributed by atoms with E-state index in [1.54, 1.807) is 0 Å². The van der Waals surface area contributed by atoms with Crippen LogP contribution in [-0.4, -0.2) is 23.1 Å². The Morgan fingerprint density at radius 3 is 2.60 bits per heavy atom. The highest BCUT2D eigenvalue weighted by atomic mass is 79.9. The fourth-order valence-corrected chi connectivity index (χ4v) is 2.65. The van der Waals surface area contributed by atoms with Crippen molar-refractivity contribution in [2.24, 2.45) is 0 Å². The van der Waals surface area contributed by atoms with Crippen molar-refractivity contribution in [2.45, 2.75) is 12.8 Å². The quantitative estimate of drug-likeness (QED) is 0.906. The maximum atomic E-state index is 11.5. The number of aromatic nitrogens is 2. The van der Waals surface area contributed by atoms with Crippen molar-refractivity contribution in [1.29, 1.82) is 0 Å². The highest BCUT2D eigenvalue weighted by Crippen LogP contribution is 2.24. The molecule has 6 heteroatoms. The third kappa shape index (κ3) is 2.70. The predicted octanol–water partition coefficient (Wildman–Crippen LogP) is 2.88. The van der Waals surface area contributed by atoms with Gasteiger partial charge in [-0.25, -0.2) is 4.98 Å². The first-order valence-electron chi connectivity index (χ1n) is 6.59. The molecule has 5 nitrogen and oxygen atoms in total. The van der Waals surface area contributed by atoms with Crippen molar-refractivity contribution >= 4 is 33.1 Å². The van der Waals surface area contributed by atoms with Crippen molar-refractivity contribution in [3.8, 4) is 0 Å². The standard InChI is InChI=1S/C14H15BrN4O/c15-12-13(16-9-17-14(12)20)18-10-3-5-11(6-4-10)19-7-1-2-8-19/h3-6,9H,1-2,7-8H2,(H2,16,17,18,20). The van der Waals surface area contributed by atoms with Gasteiger partial charge >= 0.3 is 0 Å². The lowest BCUT2D eigenvalue weighted by Crippen LogP contribution is -2.17. The number of nitrogens with zero attached hydrogens (tertiary/aromatic N) is 2. The number of nitrogens with one attached hydrogen (secondary N) is 2. The molecule has 1 aliphatic rings. The van der Waals surface area contributed by atoms with Crippen LogP contribution in [0.3, 0.4) is 0 Å². The van der Waals surface area contributed by atoms with E-state index in [1.165, 1.54) is 24.9 Å². The third-order valence-corrected chi connectivity index (χ3v) is 4.13. The molecule has 1 aromatic heterocycles. The maximum absolute atomic E-state index is 11.5. The van der Waals surface area contributed by atoms with Crippen LogP contribution in [0.2, 0.25) is 0 Å². The van der Waals surface area contributed by atoms with Gasteiger partial charge in [0.25, 0.3) is 5.56 Å². The minimum Gasteiger partial charge on any atom is -0.372 e. The average Bonchev–Trinajstić information content (AvgIpc) is 2.99. The molecule has 0 radical (unpaired) electrons. The maximum Gasteiger partial charge on any atom is 0.267 e. The van der Waals surface area contributed by atoms with Crippen LogP contribution in [0.15, 0.2) is 39.9 Å². The van der Waals surface area contributed by atoms with Gasteiger partial charge in [-0.2, -0.15) is 0 Å². The fourth-order valence-electron chi connectivity index (χ4n) is 2.34. The Balaban J connectivity index is 1.78. The molecular formula is C14H15BrN4O. The average molecular weight is 335 g/mol. The Kier molecular flexibility index (Phi) is 3.73. The topological polar surface area (TPSA) is 61.0 Å². The highest BCUT2D eigenvalue weighted by Gasteiger charge is 2.12. The van der Waals surface area contributed by atoms with E-state index in [0.717, 1.165) is 18.8 Å². The van der Waals surface area contributed by atoms with Gasteiger partial charge in [0.2, 0.25) is 0 Å². The van der Waals surface area contributed by atoms with Gasteiger partial charge in [-0.3, -0.25) is 4.79 Å². The van der Waals surface area contributed by atoms with Gasteiger partial charge in [-0.1, -0.05) is 0 Å². The summed E-state index contributed by atoms with van der Waals surface area (Å²) in [7, 11) is 0. The summed E-state index contributed by atoms with van der Waals surface area (Å²) in [4.78, 5) is 20.5. The first kappa shape index (κ1) is 13.2. The summed E-state index contributed by atoms with van der Waals surface area (Å²) >= 11 is 3.23. The minimum absolute atomic E-state index is 0.198. The molecular weight excluding hydrogens is 320 g/mol. The van der Waals surface area contributed by atoms with E-state index >= 15 is 0 Å². The van der Waals surface area contributed by atoms with E-state index in [9.17, 15) is 4.79 Å². The van der Waals surface area contributed by atoms with Crippen molar-refractivity contribution in [3.05, 3.63) is 45.4 Å². The summed E-state index contributed by atoms with van der Waals surface area (Å²) in [5.74, 6) is 0.516. The molecule has 3 rings (SSSR count). The van der Waals surface area contributed by atoms with Crippen LogP contribution in [-0.2, 0) is 0 Å². The number of hydrogen-bond donors (Lipinski definition) is 2. The first-order chi connectivity index (χ1) is 9.74. The van der Waals surface area contributed by atoms with Crippen LogP contribution in [0.4, 0.5) is 17.2 Å². The molecule has 0 bridgehead atoms. The lowest BCUT2D eigenvalue weighted by molar-refractivity contribution is 0.949. The van der Waals surface area contributed by atoms with Crippen LogP contribution in [0.1, 0.15) is 12.8 Å². The summed E-state index contributed by atoms with van der Waals surface area (Å²) in [5.41, 5.74) is 1.95. The van der Waals surface area contributed by atoms with Crippen molar-refractivity contribution in [1.82, 2.24) is 9.97 Å². The Morgan fingerprint density at radius 1 is 1.20 bits per heavy atom. The van der Waals surface area contributed by atoms with Crippen LogP contribution in [0, 0.1) is 0 Å². The molecule has 0 aliphatic carbocycles. The number of hydrogen-bond acceptors (Lipinski definition) is 4. The summed E-state index contributed by atoms with van der Waals surface area (Å²) in [6.07, 6.45) is 3.92. The summed E-state index contributed by atoms with van der Waals surface area (Å²) < 4.78 is 0.406. The lowest BCUT2D eigenvalue weighted by Gasteiger charge is -2.18. The molecule has 0 spiro atoms. The second-order valence-corrected chi connectivity index (χ2v) is 5.55. The van der Waals surface area contributed by atoms with Gasteiger partial charge in [0.1, 0.15) is 4.47 Å². The number of benzene rings is 1. The molecule has 2 N–H and O–H groups in total. The smallest absolute Gasteiger partial charge is 0.267 e. The van der Waals surface area contributed by atoms with Crippen molar-refractivity contribution in [2.75, 3.05) is 23.3 Å². The van der Waals surface area contributed by atoms with E-state index in [-0.39, 0.29) is 5.56 Å². The molecule has 2 heterocycles. The molecule has 1 fully saturated rings. The van der Waals surface area contributed by atoms with Gasteiger partial charge in [0.15, 0.2) is 5.82 Å². The zero-order valence-corrected chi connectivity index (χ0v) is 12.5. The molecule has 0 saturated carbocycles. The second kappa shape index (κ2) is 5.66. The van der Waals surface area contributed by atoms with Gasteiger partial charge in [0, 0.05) is 24.5 Å². The molecule has 0 unspecified atom stereocenters. The second-order valence-electron chi connectivity index (χ2n) is 4.76. The van der Waals surface area contributed by atoms with Crippen LogP contribution in [0.5, 0.6) is 0 Å².